The Bertz CT molecular complexity index is 603. The van der Waals surface area contributed by atoms with Gasteiger partial charge in [-0.1, -0.05) is 35.1 Å². The third kappa shape index (κ3) is 3.62. The standard InChI is InChI=1S/C16H20O3.CH4/c1-10(2)16(11(3)4)18-13-7-5-12-6-8-15(17)19-14(12)9-13;/h5-11,16H,1-4H3;1H4. The molecular weight excluding hydrogens is 252 g/mol. The fourth-order valence-corrected chi connectivity index (χ4v) is 2.31. The van der Waals surface area contributed by atoms with E-state index in [1.165, 1.54) is 6.07 Å². The van der Waals surface area contributed by atoms with E-state index in [1.807, 2.05) is 12.1 Å². The van der Waals surface area contributed by atoms with E-state index in [2.05, 4.69) is 27.7 Å². The number of ether oxygens (including phenoxy) is 1. The van der Waals surface area contributed by atoms with Crippen molar-refractivity contribution in [2.24, 2.45) is 11.8 Å². The Kier molecular flexibility index (Phi) is 5.37. The van der Waals surface area contributed by atoms with Crippen LogP contribution in [0.1, 0.15) is 35.1 Å². The van der Waals surface area contributed by atoms with Crippen LogP contribution in [-0.4, -0.2) is 6.10 Å². The van der Waals surface area contributed by atoms with Gasteiger partial charge in [0.15, 0.2) is 0 Å². The fourth-order valence-electron chi connectivity index (χ4n) is 2.31. The van der Waals surface area contributed by atoms with E-state index in [0.29, 0.717) is 17.4 Å². The van der Waals surface area contributed by atoms with Crippen LogP contribution in [0.3, 0.4) is 0 Å². The van der Waals surface area contributed by atoms with Crippen molar-refractivity contribution < 1.29 is 9.15 Å². The summed E-state index contributed by atoms with van der Waals surface area (Å²) < 4.78 is 11.2. The van der Waals surface area contributed by atoms with E-state index in [9.17, 15) is 4.79 Å². The smallest absolute Gasteiger partial charge is 0.336 e. The monoisotopic (exact) mass is 276 g/mol. The first-order valence-corrected chi connectivity index (χ1v) is 6.68. The molecule has 3 nitrogen and oxygen atoms in total. The summed E-state index contributed by atoms with van der Waals surface area (Å²) >= 11 is 0. The Morgan fingerprint density at radius 3 is 2.20 bits per heavy atom. The normalized spacial score (nSPS) is 11.2. The topological polar surface area (TPSA) is 39.4 Å². The molecule has 0 N–H and O–H groups in total. The van der Waals surface area contributed by atoms with E-state index in [-0.39, 0.29) is 19.2 Å². The van der Waals surface area contributed by atoms with Crippen LogP contribution < -0.4 is 10.4 Å². The van der Waals surface area contributed by atoms with Gasteiger partial charge in [0, 0.05) is 17.5 Å². The molecule has 1 aromatic carbocycles. The molecule has 20 heavy (non-hydrogen) atoms. The van der Waals surface area contributed by atoms with E-state index >= 15 is 0 Å². The Morgan fingerprint density at radius 1 is 1.00 bits per heavy atom. The van der Waals surface area contributed by atoms with E-state index in [0.717, 1.165) is 11.1 Å². The molecule has 0 aliphatic rings. The van der Waals surface area contributed by atoms with Crippen LogP contribution in [0.4, 0.5) is 0 Å². The Hall–Kier alpha value is -1.77. The summed E-state index contributed by atoms with van der Waals surface area (Å²) in [7, 11) is 0. The maximum atomic E-state index is 11.2. The van der Waals surface area contributed by atoms with Crippen molar-refractivity contribution in [1.82, 2.24) is 0 Å². The molecular formula is C17H24O3. The number of benzene rings is 1. The highest BCUT2D eigenvalue weighted by molar-refractivity contribution is 5.77. The van der Waals surface area contributed by atoms with Crippen LogP contribution in [-0.2, 0) is 0 Å². The fraction of sp³-hybridized carbons (Fsp3) is 0.471. The van der Waals surface area contributed by atoms with Gasteiger partial charge in [0.2, 0.25) is 0 Å². The van der Waals surface area contributed by atoms with E-state index in [4.69, 9.17) is 9.15 Å². The summed E-state index contributed by atoms with van der Waals surface area (Å²) in [5.41, 5.74) is 0.227. The summed E-state index contributed by atoms with van der Waals surface area (Å²) in [5.74, 6) is 1.60. The average molecular weight is 276 g/mol. The van der Waals surface area contributed by atoms with E-state index in [1.54, 1.807) is 12.1 Å². The van der Waals surface area contributed by atoms with Gasteiger partial charge in [-0.05, 0) is 30.0 Å². The maximum Gasteiger partial charge on any atom is 0.336 e. The van der Waals surface area contributed by atoms with E-state index < -0.39 is 0 Å². The minimum Gasteiger partial charge on any atom is -0.490 e. The number of rotatable bonds is 4. The minimum absolute atomic E-state index is 0. The molecule has 2 aromatic rings. The molecule has 0 spiro atoms. The van der Waals surface area contributed by atoms with Crippen molar-refractivity contribution in [2.75, 3.05) is 0 Å². The first kappa shape index (κ1) is 16.3. The van der Waals surface area contributed by atoms with Gasteiger partial charge in [-0.15, -0.1) is 0 Å². The highest BCUT2D eigenvalue weighted by Crippen LogP contribution is 2.24. The van der Waals surface area contributed by atoms with Crippen molar-refractivity contribution >= 4 is 11.0 Å². The SMILES string of the molecule is C.CC(C)C(Oc1ccc2ccc(=O)oc2c1)C(C)C. The molecule has 0 saturated heterocycles. The number of hydrogen-bond acceptors (Lipinski definition) is 3. The Balaban J connectivity index is 0.00000200. The summed E-state index contributed by atoms with van der Waals surface area (Å²) in [4.78, 5) is 11.2. The zero-order valence-electron chi connectivity index (χ0n) is 11.8. The van der Waals surface area contributed by atoms with Crippen LogP contribution in [0, 0.1) is 11.8 Å². The van der Waals surface area contributed by atoms with Crippen molar-refractivity contribution in [2.45, 2.75) is 41.2 Å². The molecule has 0 bridgehead atoms. The van der Waals surface area contributed by atoms with Crippen molar-refractivity contribution in [3.8, 4) is 5.75 Å². The van der Waals surface area contributed by atoms with Crippen LogP contribution in [0.5, 0.6) is 5.75 Å². The van der Waals surface area contributed by atoms with Crippen LogP contribution in [0.2, 0.25) is 0 Å². The summed E-state index contributed by atoms with van der Waals surface area (Å²) in [6.45, 7) is 8.58. The van der Waals surface area contributed by atoms with Crippen LogP contribution >= 0.6 is 0 Å². The van der Waals surface area contributed by atoms with Crippen LogP contribution in [0.15, 0.2) is 39.5 Å². The van der Waals surface area contributed by atoms with Crippen molar-refractivity contribution in [3.63, 3.8) is 0 Å². The molecule has 0 unspecified atom stereocenters. The van der Waals surface area contributed by atoms with Crippen molar-refractivity contribution in [1.29, 1.82) is 0 Å². The molecule has 1 aromatic heterocycles. The first-order valence-electron chi connectivity index (χ1n) is 6.68. The van der Waals surface area contributed by atoms with Gasteiger partial charge < -0.3 is 9.15 Å². The lowest BCUT2D eigenvalue weighted by atomic mass is 9.96. The zero-order valence-corrected chi connectivity index (χ0v) is 11.8. The third-order valence-electron chi connectivity index (χ3n) is 3.18. The molecule has 110 valence electrons. The molecule has 0 atom stereocenters. The molecule has 0 fully saturated rings. The lowest BCUT2D eigenvalue weighted by molar-refractivity contribution is 0.105. The second-order valence-electron chi connectivity index (χ2n) is 5.52. The lowest BCUT2D eigenvalue weighted by Crippen LogP contribution is -2.28. The van der Waals surface area contributed by atoms with Crippen molar-refractivity contribution in [3.05, 3.63) is 40.8 Å². The maximum absolute atomic E-state index is 11.2. The second-order valence-corrected chi connectivity index (χ2v) is 5.52. The largest absolute Gasteiger partial charge is 0.490 e. The molecule has 2 rings (SSSR count). The van der Waals surface area contributed by atoms with Gasteiger partial charge in [0.05, 0.1) is 0 Å². The second kappa shape index (κ2) is 6.60. The molecule has 1 heterocycles. The summed E-state index contributed by atoms with van der Waals surface area (Å²) in [6.07, 6.45) is 0.146. The highest BCUT2D eigenvalue weighted by Gasteiger charge is 2.19. The molecule has 0 amide bonds. The van der Waals surface area contributed by atoms with Gasteiger partial charge in [-0.2, -0.15) is 0 Å². The van der Waals surface area contributed by atoms with Gasteiger partial charge in [-0.25, -0.2) is 4.79 Å². The predicted molar refractivity (Wildman–Crippen MR) is 83.3 cm³/mol. The van der Waals surface area contributed by atoms with Crippen LogP contribution in [0.25, 0.3) is 11.0 Å². The molecule has 0 aliphatic carbocycles. The summed E-state index contributed by atoms with van der Waals surface area (Å²) in [5, 5.41) is 0.901. The third-order valence-corrected chi connectivity index (χ3v) is 3.18. The average Bonchev–Trinajstić information content (AvgIpc) is 2.34. The zero-order chi connectivity index (χ0) is 14.0. The van der Waals surface area contributed by atoms with Gasteiger partial charge in [0.25, 0.3) is 0 Å². The highest BCUT2D eigenvalue weighted by atomic mass is 16.5. The first-order chi connectivity index (χ1) is 8.97. The molecule has 0 saturated carbocycles. The Labute approximate surface area is 120 Å². The lowest BCUT2D eigenvalue weighted by Gasteiger charge is -2.26. The van der Waals surface area contributed by atoms with Gasteiger partial charge >= 0.3 is 5.63 Å². The molecule has 3 heteroatoms. The number of fused-ring (bicyclic) bond motifs is 1. The summed E-state index contributed by atoms with van der Waals surface area (Å²) in [6, 6.07) is 8.79. The number of hydrogen-bond donors (Lipinski definition) is 0. The van der Waals surface area contributed by atoms with Gasteiger partial charge in [0.1, 0.15) is 17.4 Å². The predicted octanol–water partition coefficient (Wildman–Crippen LogP) is 4.49. The molecule has 0 aliphatic heterocycles. The molecule has 0 radical (unpaired) electrons. The Morgan fingerprint density at radius 2 is 1.60 bits per heavy atom. The minimum atomic E-state index is -0.339. The van der Waals surface area contributed by atoms with Gasteiger partial charge in [-0.3, -0.25) is 0 Å². The quantitative estimate of drug-likeness (QED) is 0.772.